The Bertz CT molecular complexity index is 327. The average molecular weight is 244 g/mol. The highest BCUT2D eigenvalue weighted by molar-refractivity contribution is 7.71. The largest absolute Gasteiger partial charge is 0.457 e. The Kier molecular flexibility index (Phi) is 7.33. The molecule has 16 heavy (non-hydrogen) atoms. The van der Waals surface area contributed by atoms with E-state index in [2.05, 4.69) is 25.6 Å². The van der Waals surface area contributed by atoms with Gasteiger partial charge in [0.25, 0.3) is 0 Å². The number of carbonyl (C=O) groups excluding carboxylic acids is 1. The third kappa shape index (κ3) is 5.00. The fourth-order valence-corrected chi connectivity index (χ4v) is 1.68. The summed E-state index contributed by atoms with van der Waals surface area (Å²) in [4.78, 5) is 11.4. The van der Waals surface area contributed by atoms with Crippen molar-refractivity contribution < 1.29 is 23.1 Å². The molecule has 0 N–H and O–H groups in total. The Morgan fingerprint density at radius 3 is 2.12 bits per heavy atom. The van der Waals surface area contributed by atoms with E-state index in [-0.39, 0.29) is 19.8 Å². The van der Waals surface area contributed by atoms with E-state index in [0.29, 0.717) is 6.42 Å². The van der Waals surface area contributed by atoms with Crippen LogP contribution in [0, 0.1) is 24.7 Å². The maximum Gasteiger partial charge on any atom is 0.440 e. The average Bonchev–Trinajstić information content (AvgIpc) is 2.30. The van der Waals surface area contributed by atoms with Crippen LogP contribution in [0.25, 0.3) is 0 Å². The van der Waals surface area contributed by atoms with E-state index >= 15 is 0 Å². The zero-order valence-corrected chi connectivity index (χ0v) is 9.87. The van der Waals surface area contributed by atoms with E-state index in [1.807, 2.05) is 0 Å². The van der Waals surface area contributed by atoms with Crippen LogP contribution >= 0.6 is 7.60 Å². The van der Waals surface area contributed by atoms with Crippen molar-refractivity contribution in [3.63, 3.8) is 0 Å². The van der Waals surface area contributed by atoms with E-state index < -0.39 is 13.3 Å². The molecule has 0 rings (SSSR count). The molecule has 0 unspecified atom stereocenters. The van der Waals surface area contributed by atoms with E-state index in [1.54, 1.807) is 6.92 Å². The fourth-order valence-electron chi connectivity index (χ4n) is 0.656. The first-order valence-electron chi connectivity index (χ1n) is 4.54. The molecule has 0 saturated heterocycles. The van der Waals surface area contributed by atoms with Crippen molar-refractivity contribution in [2.75, 3.05) is 19.8 Å². The minimum absolute atomic E-state index is 0.127. The lowest BCUT2D eigenvalue weighted by Gasteiger charge is -2.14. The molecule has 0 aliphatic carbocycles. The van der Waals surface area contributed by atoms with Crippen molar-refractivity contribution in [1.82, 2.24) is 0 Å². The quantitative estimate of drug-likeness (QED) is 0.506. The number of hydrogen-bond donors (Lipinski definition) is 0. The van der Waals surface area contributed by atoms with Crippen molar-refractivity contribution in [2.45, 2.75) is 13.3 Å². The van der Waals surface area contributed by atoms with Crippen molar-refractivity contribution in [3.8, 4) is 24.7 Å². The predicted molar refractivity (Wildman–Crippen MR) is 58.8 cm³/mol. The van der Waals surface area contributed by atoms with Crippen LogP contribution in [0.2, 0.25) is 0 Å². The van der Waals surface area contributed by atoms with Crippen LogP contribution in [0.3, 0.4) is 0 Å². The molecule has 0 aromatic carbocycles. The molecule has 5 nitrogen and oxygen atoms in total. The molecule has 0 aromatic rings. The third-order valence-electron chi connectivity index (χ3n) is 1.29. The topological polar surface area (TPSA) is 61.8 Å². The van der Waals surface area contributed by atoms with Crippen LogP contribution in [0.4, 0.5) is 4.79 Å². The minimum Gasteiger partial charge on any atom is -0.457 e. The van der Waals surface area contributed by atoms with Gasteiger partial charge < -0.3 is 4.74 Å². The van der Waals surface area contributed by atoms with Gasteiger partial charge in [-0.05, 0) is 6.42 Å². The molecule has 0 spiro atoms. The number of hydrogen-bond acceptors (Lipinski definition) is 5. The standard InChI is InChI=1S/C10H13O5P/c1-4-7-13-10(11)16(12,14-8-5-2)15-9-6-3/h2-3H,4,7-9H2,1H3. The third-order valence-corrected chi connectivity index (χ3v) is 2.80. The van der Waals surface area contributed by atoms with Gasteiger partial charge in [0, 0.05) is 0 Å². The van der Waals surface area contributed by atoms with Crippen LogP contribution in [0.5, 0.6) is 0 Å². The lowest BCUT2D eigenvalue weighted by Crippen LogP contribution is -2.10. The Morgan fingerprint density at radius 2 is 1.75 bits per heavy atom. The summed E-state index contributed by atoms with van der Waals surface area (Å²) in [6.07, 6.45) is 10.4. The predicted octanol–water partition coefficient (Wildman–Crippen LogP) is 2.03. The SMILES string of the molecule is C#CCOP(=O)(OCC#C)C(=O)OCCC. The second-order valence-electron chi connectivity index (χ2n) is 2.57. The van der Waals surface area contributed by atoms with Gasteiger partial charge in [-0.15, -0.1) is 12.8 Å². The van der Waals surface area contributed by atoms with Crippen LogP contribution in [-0.2, 0) is 18.3 Å². The van der Waals surface area contributed by atoms with E-state index in [1.165, 1.54) is 0 Å². The van der Waals surface area contributed by atoms with Gasteiger partial charge in [-0.1, -0.05) is 18.8 Å². The highest BCUT2D eigenvalue weighted by Crippen LogP contribution is 2.49. The first kappa shape index (κ1) is 14.7. The molecule has 0 atom stereocenters. The van der Waals surface area contributed by atoms with Crippen LogP contribution in [-0.4, -0.2) is 25.5 Å². The number of rotatable bonds is 7. The summed E-state index contributed by atoms with van der Waals surface area (Å²) < 4.78 is 25.8. The van der Waals surface area contributed by atoms with Crippen molar-refractivity contribution in [2.24, 2.45) is 0 Å². The Labute approximate surface area is 95.0 Å². The molecule has 0 amide bonds. The van der Waals surface area contributed by atoms with Gasteiger partial charge in [0.15, 0.2) is 0 Å². The maximum absolute atomic E-state index is 11.8. The molecule has 0 radical (unpaired) electrons. The zero-order chi connectivity index (χ0) is 12.4. The van der Waals surface area contributed by atoms with Crippen LogP contribution < -0.4 is 0 Å². The number of carbonyl (C=O) groups is 1. The van der Waals surface area contributed by atoms with Crippen LogP contribution in [0.15, 0.2) is 0 Å². The lowest BCUT2D eigenvalue weighted by atomic mass is 10.5. The molecule has 0 aliphatic rings. The molecule has 0 bridgehead atoms. The summed E-state index contributed by atoms with van der Waals surface area (Å²) in [7, 11) is -4.02. The van der Waals surface area contributed by atoms with Gasteiger partial charge in [0.2, 0.25) is 0 Å². The molecule has 88 valence electrons. The van der Waals surface area contributed by atoms with Gasteiger partial charge >= 0.3 is 13.3 Å². The molecule has 0 saturated carbocycles. The molecule has 0 heterocycles. The molecular formula is C10H13O5P. The normalized spacial score (nSPS) is 10.2. The summed E-state index contributed by atoms with van der Waals surface area (Å²) in [5, 5.41) is 0. The summed E-state index contributed by atoms with van der Waals surface area (Å²) >= 11 is 0. The number of ether oxygens (including phenoxy) is 1. The first-order valence-corrected chi connectivity index (χ1v) is 6.08. The van der Waals surface area contributed by atoms with Gasteiger partial charge in [0.05, 0.1) is 6.61 Å². The van der Waals surface area contributed by atoms with E-state index in [9.17, 15) is 9.36 Å². The molecule has 6 heteroatoms. The minimum atomic E-state index is -4.02. The first-order chi connectivity index (χ1) is 7.60. The van der Waals surface area contributed by atoms with Crippen molar-refractivity contribution >= 4 is 13.3 Å². The van der Waals surface area contributed by atoms with E-state index in [0.717, 1.165) is 0 Å². The summed E-state index contributed by atoms with van der Waals surface area (Å²) in [5.41, 5.74) is -1.07. The van der Waals surface area contributed by atoms with Gasteiger partial charge in [-0.2, -0.15) is 0 Å². The van der Waals surface area contributed by atoms with Crippen molar-refractivity contribution in [1.29, 1.82) is 0 Å². The van der Waals surface area contributed by atoms with Gasteiger partial charge in [0.1, 0.15) is 13.2 Å². The molecule has 0 aromatic heterocycles. The van der Waals surface area contributed by atoms with Crippen LogP contribution in [0.1, 0.15) is 13.3 Å². The molecule has 0 aliphatic heterocycles. The molecular weight excluding hydrogens is 231 g/mol. The summed E-state index contributed by atoms with van der Waals surface area (Å²) in [6, 6.07) is 0. The summed E-state index contributed by atoms with van der Waals surface area (Å²) in [6.45, 7) is 1.29. The monoisotopic (exact) mass is 244 g/mol. The highest BCUT2D eigenvalue weighted by atomic mass is 31.2. The second-order valence-corrected chi connectivity index (χ2v) is 4.44. The zero-order valence-electron chi connectivity index (χ0n) is 8.97. The van der Waals surface area contributed by atoms with E-state index in [4.69, 9.17) is 12.8 Å². The smallest absolute Gasteiger partial charge is 0.440 e. The van der Waals surface area contributed by atoms with Gasteiger partial charge in [-0.3, -0.25) is 9.05 Å². The van der Waals surface area contributed by atoms with Crippen molar-refractivity contribution in [3.05, 3.63) is 0 Å². The fraction of sp³-hybridized carbons (Fsp3) is 0.500. The Balaban J connectivity index is 4.52. The van der Waals surface area contributed by atoms with Gasteiger partial charge in [-0.25, -0.2) is 9.36 Å². The number of terminal acetylenes is 2. The summed E-state index contributed by atoms with van der Waals surface area (Å²) in [5.74, 6) is 4.15. The Morgan fingerprint density at radius 1 is 1.25 bits per heavy atom. The molecule has 0 fully saturated rings. The Hall–Kier alpha value is -1.26. The highest BCUT2D eigenvalue weighted by Gasteiger charge is 2.36. The second kappa shape index (κ2) is 7.96. The lowest BCUT2D eigenvalue weighted by molar-refractivity contribution is 0.152. The maximum atomic E-state index is 11.8.